The number of aryl methyl sites for hydroxylation is 1. The van der Waals surface area contributed by atoms with E-state index in [0.29, 0.717) is 0 Å². The first-order chi connectivity index (χ1) is 6.66. The van der Waals surface area contributed by atoms with E-state index >= 15 is 0 Å². The molecule has 0 aliphatic heterocycles. The minimum atomic E-state index is 0.155. The molecule has 1 rings (SSSR count). The van der Waals surface area contributed by atoms with Crippen molar-refractivity contribution < 1.29 is 0 Å². The van der Waals surface area contributed by atoms with Gasteiger partial charge in [-0.15, -0.1) is 0 Å². The Morgan fingerprint density at radius 3 is 1.93 bits per heavy atom. The van der Waals surface area contributed by atoms with E-state index in [1.165, 1.54) is 5.56 Å². The Bertz CT molecular complexity index is 356. The molecular formula is C14H21Cl. The van der Waals surface area contributed by atoms with Crippen molar-refractivity contribution >= 4 is 11.6 Å². The van der Waals surface area contributed by atoms with E-state index in [9.17, 15) is 0 Å². The zero-order valence-electron chi connectivity index (χ0n) is 10.6. The summed E-state index contributed by atoms with van der Waals surface area (Å²) in [7, 11) is 0. The first kappa shape index (κ1) is 12.6. The summed E-state index contributed by atoms with van der Waals surface area (Å²) in [6.07, 6.45) is 0. The summed E-state index contributed by atoms with van der Waals surface area (Å²) >= 11 is 6.04. The molecule has 0 nitrogen and oxygen atoms in total. The molecule has 0 heterocycles. The lowest BCUT2D eigenvalue weighted by atomic mass is 9.65. The molecule has 1 heteroatoms. The Balaban J connectivity index is 3.22. The van der Waals surface area contributed by atoms with Gasteiger partial charge in [0.1, 0.15) is 0 Å². The van der Waals surface area contributed by atoms with Crippen LogP contribution in [0.5, 0.6) is 0 Å². The summed E-state index contributed by atoms with van der Waals surface area (Å²) in [6.45, 7) is 13.5. The Morgan fingerprint density at radius 2 is 1.53 bits per heavy atom. The van der Waals surface area contributed by atoms with Crippen molar-refractivity contribution in [2.75, 3.05) is 0 Å². The molecule has 0 amide bonds. The standard InChI is InChI=1S/C14H21Cl/c1-10-9-11(7-8-12(10)15)14(5,6)13(2,3)4/h7-9H,1-6H3. The Morgan fingerprint density at radius 1 is 1.00 bits per heavy atom. The van der Waals surface area contributed by atoms with E-state index in [2.05, 4.69) is 53.7 Å². The van der Waals surface area contributed by atoms with Gasteiger partial charge in [0.05, 0.1) is 0 Å². The fourth-order valence-corrected chi connectivity index (χ4v) is 1.58. The zero-order valence-corrected chi connectivity index (χ0v) is 11.4. The molecule has 0 bridgehead atoms. The van der Waals surface area contributed by atoms with Crippen molar-refractivity contribution in [3.8, 4) is 0 Å². The molecule has 0 aliphatic rings. The highest BCUT2D eigenvalue weighted by Crippen LogP contribution is 2.41. The van der Waals surface area contributed by atoms with Gasteiger partial charge < -0.3 is 0 Å². The maximum absolute atomic E-state index is 6.04. The molecule has 0 unspecified atom stereocenters. The van der Waals surface area contributed by atoms with Gasteiger partial charge in [-0.25, -0.2) is 0 Å². The second kappa shape index (κ2) is 3.83. The van der Waals surface area contributed by atoms with Crippen molar-refractivity contribution in [1.82, 2.24) is 0 Å². The third-order valence-electron chi connectivity index (χ3n) is 3.75. The number of benzene rings is 1. The van der Waals surface area contributed by atoms with Crippen LogP contribution >= 0.6 is 11.6 Å². The second-order valence-electron chi connectivity index (χ2n) is 5.84. The largest absolute Gasteiger partial charge is 0.0841 e. The quantitative estimate of drug-likeness (QED) is 0.632. The Kier molecular flexibility index (Phi) is 3.21. The molecule has 0 fully saturated rings. The molecule has 0 N–H and O–H groups in total. The van der Waals surface area contributed by atoms with Crippen LogP contribution in [0.3, 0.4) is 0 Å². The van der Waals surface area contributed by atoms with Crippen molar-refractivity contribution in [3.63, 3.8) is 0 Å². The number of rotatable bonds is 1. The first-order valence-electron chi connectivity index (χ1n) is 5.43. The second-order valence-corrected chi connectivity index (χ2v) is 6.25. The van der Waals surface area contributed by atoms with Crippen LogP contribution in [-0.2, 0) is 5.41 Å². The van der Waals surface area contributed by atoms with Gasteiger partial charge in [-0.2, -0.15) is 0 Å². The monoisotopic (exact) mass is 224 g/mol. The van der Waals surface area contributed by atoms with E-state index in [1.807, 2.05) is 6.07 Å². The van der Waals surface area contributed by atoms with Gasteiger partial charge >= 0.3 is 0 Å². The summed E-state index contributed by atoms with van der Waals surface area (Å²) in [4.78, 5) is 0. The molecular weight excluding hydrogens is 204 g/mol. The van der Waals surface area contributed by atoms with E-state index in [-0.39, 0.29) is 10.8 Å². The third-order valence-corrected chi connectivity index (χ3v) is 4.18. The van der Waals surface area contributed by atoms with Gasteiger partial charge in [0.25, 0.3) is 0 Å². The summed E-state index contributed by atoms with van der Waals surface area (Å²) in [5, 5.41) is 0.850. The third kappa shape index (κ3) is 2.36. The van der Waals surface area contributed by atoms with Crippen molar-refractivity contribution in [2.24, 2.45) is 5.41 Å². The molecule has 0 aromatic heterocycles. The average molecular weight is 225 g/mol. The number of hydrogen-bond donors (Lipinski definition) is 0. The highest BCUT2D eigenvalue weighted by Gasteiger charge is 2.34. The lowest BCUT2D eigenvalue weighted by molar-refractivity contribution is 0.225. The fourth-order valence-electron chi connectivity index (χ4n) is 1.47. The van der Waals surface area contributed by atoms with Gasteiger partial charge in [-0.05, 0) is 34.9 Å². The molecule has 0 saturated heterocycles. The Hall–Kier alpha value is -0.490. The SMILES string of the molecule is Cc1cc(C(C)(C)C(C)(C)C)ccc1Cl. The van der Waals surface area contributed by atoms with E-state index in [4.69, 9.17) is 11.6 Å². The number of hydrogen-bond acceptors (Lipinski definition) is 0. The molecule has 0 radical (unpaired) electrons. The summed E-state index contributed by atoms with van der Waals surface area (Å²) in [5.41, 5.74) is 2.92. The van der Waals surface area contributed by atoms with Crippen molar-refractivity contribution in [3.05, 3.63) is 34.3 Å². The molecule has 0 spiro atoms. The molecule has 84 valence electrons. The van der Waals surface area contributed by atoms with E-state index < -0.39 is 0 Å². The van der Waals surface area contributed by atoms with Gasteiger partial charge in [-0.3, -0.25) is 0 Å². The fraction of sp³-hybridized carbons (Fsp3) is 0.571. The van der Waals surface area contributed by atoms with Crippen LogP contribution in [0.1, 0.15) is 45.7 Å². The highest BCUT2D eigenvalue weighted by atomic mass is 35.5. The first-order valence-corrected chi connectivity index (χ1v) is 5.80. The maximum Gasteiger partial charge on any atom is 0.0435 e. The number of halogens is 1. The van der Waals surface area contributed by atoms with Crippen LogP contribution < -0.4 is 0 Å². The van der Waals surface area contributed by atoms with Crippen LogP contribution in [0.15, 0.2) is 18.2 Å². The van der Waals surface area contributed by atoms with Gasteiger partial charge in [0, 0.05) is 5.02 Å². The lowest BCUT2D eigenvalue weighted by Gasteiger charge is -2.39. The predicted molar refractivity (Wildman–Crippen MR) is 68.7 cm³/mol. The van der Waals surface area contributed by atoms with E-state index in [1.54, 1.807) is 0 Å². The molecule has 15 heavy (non-hydrogen) atoms. The summed E-state index contributed by atoms with van der Waals surface area (Å²) in [6, 6.07) is 6.34. The maximum atomic E-state index is 6.04. The molecule has 1 aromatic rings. The van der Waals surface area contributed by atoms with Crippen LogP contribution in [-0.4, -0.2) is 0 Å². The van der Waals surface area contributed by atoms with Gasteiger partial charge in [0.15, 0.2) is 0 Å². The van der Waals surface area contributed by atoms with Crippen molar-refractivity contribution in [2.45, 2.75) is 47.0 Å². The molecule has 0 aliphatic carbocycles. The van der Waals surface area contributed by atoms with Crippen LogP contribution in [0.2, 0.25) is 5.02 Å². The average Bonchev–Trinajstić information content (AvgIpc) is 2.07. The van der Waals surface area contributed by atoms with Gasteiger partial charge in [0.2, 0.25) is 0 Å². The molecule has 1 aromatic carbocycles. The zero-order chi connectivity index (χ0) is 11.9. The molecule has 0 saturated carbocycles. The predicted octanol–water partition coefficient (Wildman–Crippen LogP) is 4.97. The topological polar surface area (TPSA) is 0 Å². The van der Waals surface area contributed by atoms with Crippen LogP contribution in [0, 0.1) is 12.3 Å². The van der Waals surface area contributed by atoms with Gasteiger partial charge in [-0.1, -0.05) is 58.4 Å². The summed E-state index contributed by atoms with van der Waals surface area (Å²) < 4.78 is 0. The summed E-state index contributed by atoms with van der Waals surface area (Å²) in [5.74, 6) is 0. The van der Waals surface area contributed by atoms with Crippen LogP contribution in [0.4, 0.5) is 0 Å². The lowest BCUT2D eigenvalue weighted by Crippen LogP contribution is -2.33. The van der Waals surface area contributed by atoms with E-state index in [0.717, 1.165) is 10.6 Å². The Labute approximate surface area is 98.7 Å². The molecule has 0 atom stereocenters. The van der Waals surface area contributed by atoms with Crippen molar-refractivity contribution in [1.29, 1.82) is 0 Å². The van der Waals surface area contributed by atoms with Crippen LogP contribution in [0.25, 0.3) is 0 Å². The minimum absolute atomic E-state index is 0.155. The smallest absolute Gasteiger partial charge is 0.0435 e. The minimum Gasteiger partial charge on any atom is -0.0841 e. The highest BCUT2D eigenvalue weighted by molar-refractivity contribution is 6.31. The normalized spacial score (nSPS) is 13.0.